The second kappa shape index (κ2) is 9.90. The molecule has 0 aromatic heterocycles. The molecule has 0 N–H and O–H groups in total. The molecular formula is C26H35N. The molecule has 1 fully saturated rings. The molecule has 1 heteroatoms. The van der Waals surface area contributed by atoms with Gasteiger partial charge >= 0.3 is 0 Å². The summed E-state index contributed by atoms with van der Waals surface area (Å²) in [6.07, 6.45) is 13.9. The highest BCUT2D eigenvalue weighted by atomic mass is 15.2. The van der Waals surface area contributed by atoms with Crippen LogP contribution in [0.3, 0.4) is 0 Å². The minimum atomic E-state index is 0.0734. The Labute approximate surface area is 166 Å². The summed E-state index contributed by atoms with van der Waals surface area (Å²) < 4.78 is 0. The van der Waals surface area contributed by atoms with Gasteiger partial charge in [-0.25, -0.2) is 0 Å². The number of hydrogen-bond donors (Lipinski definition) is 0. The Bertz CT molecular complexity index is 685. The van der Waals surface area contributed by atoms with Gasteiger partial charge in [0, 0.05) is 12.1 Å². The van der Waals surface area contributed by atoms with Gasteiger partial charge in [0.15, 0.2) is 0 Å². The highest BCUT2D eigenvalue weighted by Gasteiger charge is 2.34. The fourth-order valence-electron chi connectivity index (χ4n) is 4.75. The molecule has 2 aromatic rings. The zero-order chi connectivity index (χ0) is 19.0. The second-order valence-corrected chi connectivity index (χ2v) is 8.15. The lowest BCUT2D eigenvalue weighted by Crippen LogP contribution is -2.45. The topological polar surface area (TPSA) is 3.24 Å². The van der Waals surface area contributed by atoms with Gasteiger partial charge < -0.3 is 0 Å². The molecule has 0 aliphatic heterocycles. The van der Waals surface area contributed by atoms with Crippen molar-refractivity contribution in [1.82, 2.24) is 4.90 Å². The van der Waals surface area contributed by atoms with Crippen LogP contribution in [0.4, 0.5) is 0 Å². The van der Waals surface area contributed by atoms with E-state index in [-0.39, 0.29) is 5.54 Å². The first-order valence-corrected chi connectivity index (χ1v) is 10.7. The largest absolute Gasteiger partial charge is 0.296 e. The molecule has 1 unspecified atom stereocenters. The molecule has 27 heavy (non-hydrogen) atoms. The first kappa shape index (κ1) is 19.9. The Hall–Kier alpha value is -1.86. The van der Waals surface area contributed by atoms with Crippen molar-refractivity contribution in [2.24, 2.45) is 5.92 Å². The summed E-state index contributed by atoms with van der Waals surface area (Å²) in [6.45, 7) is 3.56. The molecule has 1 atom stereocenters. The first-order chi connectivity index (χ1) is 13.2. The third-order valence-corrected chi connectivity index (χ3v) is 6.45. The number of nitrogens with zero attached hydrogens (tertiary/aromatic N) is 1. The van der Waals surface area contributed by atoms with Crippen LogP contribution < -0.4 is 0 Å². The SMILES string of the molecule is CCC(C/C=C/c1ccccc1)(c1ccccc1)N(C)CC1CCCCC1. The third kappa shape index (κ3) is 5.11. The third-order valence-electron chi connectivity index (χ3n) is 6.45. The molecule has 2 aromatic carbocycles. The van der Waals surface area contributed by atoms with Crippen molar-refractivity contribution < 1.29 is 0 Å². The predicted molar refractivity (Wildman–Crippen MR) is 118 cm³/mol. The van der Waals surface area contributed by atoms with Crippen molar-refractivity contribution in [2.45, 2.75) is 57.4 Å². The van der Waals surface area contributed by atoms with E-state index in [1.165, 1.54) is 49.8 Å². The second-order valence-electron chi connectivity index (χ2n) is 8.15. The first-order valence-electron chi connectivity index (χ1n) is 10.7. The molecule has 1 aliphatic carbocycles. The number of benzene rings is 2. The Balaban J connectivity index is 1.82. The van der Waals surface area contributed by atoms with Crippen LogP contribution in [-0.2, 0) is 5.54 Å². The van der Waals surface area contributed by atoms with E-state index in [9.17, 15) is 0 Å². The minimum Gasteiger partial charge on any atom is -0.296 e. The van der Waals surface area contributed by atoms with Gasteiger partial charge in [0.25, 0.3) is 0 Å². The Kier molecular flexibility index (Phi) is 7.29. The van der Waals surface area contributed by atoms with E-state index in [2.05, 4.69) is 91.7 Å². The average Bonchev–Trinajstić information content (AvgIpc) is 2.73. The maximum Gasteiger partial charge on any atom is 0.0489 e. The predicted octanol–water partition coefficient (Wildman–Crippen LogP) is 6.91. The van der Waals surface area contributed by atoms with Crippen molar-refractivity contribution in [3.63, 3.8) is 0 Å². The maximum atomic E-state index is 2.66. The smallest absolute Gasteiger partial charge is 0.0489 e. The fraction of sp³-hybridized carbons (Fsp3) is 0.462. The molecule has 0 saturated heterocycles. The minimum absolute atomic E-state index is 0.0734. The summed E-state index contributed by atoms with van der Waals surface area (Å²) >= 11 is 0. The van der Waals surface area contributed by atoms with Crippen molar-refractivity contribution in [1.29, 1.82) is 0 Å². The summed E-state index contributed by atoms with van der Waals surface area (Å²) in [5.74, 6) is 0.858. The van der Waals surface area contributed by atoms with Crippen LogP contribution in [0.2, 0.25) is 0 Å². The van der Waals surface area contributed by atoms with E-state index in [0.717, 1.165) is 18.8 Å². The molecule has 0 heterocycles. The lowest BCUT2D eigenvalue weighted by Gasteiger charge is -2.44. The molecule has 1 saturated carbocycles. The molecule has 0 bridgehead atoms. The molecule has 144 valence electrons. The van der Waals surface area contributed by atoms with Crippen LogP contribution in [0.1, 0.15) is 63.0 Å². The van der Waals surface area contributed by atoms with Gasteiger partial charge in [-0.05, 0) is 49.8 Å². The molecule has 0 amide bonds. The van der Waals surface area contributed by atoms with Crippen LogP contribution in [0, 0.1) is 5.92 Å². The average molecular weight is 362 g/mol. The van der Waals surface area contributed by atoms with Gasteiger partial charge in [-0.3, -0.25) is 4.90 Å². The Morgan fingerprint density at radius 2 is 1.56 bits per heavy atom. The summed E-state index contributed by atoms with van der Waals surface area (Å²) in [4.78, 5) is 2.66. The van der Waals surface area contributed by atoms with E-state index >= 15 is 0 Å². The summed E-state index contributed by atoms with van der Waals surface area (Å²) in [6, 6.07) is 21.8. The molecule has 1 nitrogen and oxygen atoms in total. The summed E-state index contributed by atoms with van der Waals surface area (Å²) in [5.41, 5.74) is 2.80. The highest BCUT2D eigenvalue weighted by molar-refractivity contribution is 5.49. The van der Waals surface area contributed by atoms with Gasteiger partial charge in [-0.15, -0.1) is 0 Å². The maximum absolute atomic E-state index is 2.66. The van der Waals surface area contributed by atoms with E-state index in [4.69, 9.17) is 0 Å². The molecule has 3 rings (SSSR count). The molecule has 0 spiro atoms. The van der Waals surface area contributed by atoms with Gasteiger partial charge in [-0.1, -0.05) is 99.0 Å². The van der Waals surface area contributed by atoms with E-state index in [1.807, 2.05) is 0 Å². The van der Waals surface area contributed by atoms with Crippen molar-refractivity contribution in [2.75, 3.05) is 13.6 Å². The lowest BCUT2D eigenvalue weighted by atomic mass is 9.80. The molecule has 0 radical (unpaired) electrons. The van der Waals surface area contributed by atoms with Crippen LogP contribution in [0.15, 0.2) is 66.7 Å². The van der Waals surface area contributed by atoms with E-state index in [1.54, 1.807) is 0 Å². The van der Waals surface area contributed by atoms with Crippen LogP contribution in [0.25, 0.3) is 6.08 Å². The van der Waals surface area contributed by atoms with E-state index in [0.29, 0.717) is 0 Å². The summed E-state index contributed by atoms with van der Waals surface area (Å²) in [7, 11) is 2.35. The number of rotatable bonds is 8. The van der Waals surface area contributed by atoms with Crippen LogP contribution >= 0.6 is 0 Å². The van der Waals surface area contributed by atoms with Gasteiger partial charge in [0.1, 0.15) is 0 Å². The van der Waals surface area contributed by atoms with Crippen molar-refractivity contribution in [3.05, 3.63) is 77.9 Å². The zero-order valence-electron chi connectivity index (χ0n) is 17.1. The Morgan fingerprint density at radius 1 is 0.926 bits per heavy atom. The number of hydrogen-bond acceptors (Lipinski definition) is 1. The summed E-state index contributed by atoms with van der Waals surface area (Å²) in [5, 5.41) is 0. The zero-order valence-corrected chi connectivity index (χ0v) is 17.1. The van der Waals surface area contributed by atoms with E-state index < -0.39 is 0 Å². The van der Waals surface area contributed by atoms with Crippen LogP contribution in [-0.4, -0.2) is 18.5 Å². The standard InChI is InChI=1S/C26H35N/c1-3-26(25-19-11-6-12-20-25,21-13-18-23-14-7-4-8-15-23)27(2)22-24-16-9-5-10-17-24/h4,6-8,11-15,18-20,24H,3,5,9-10,16-17,21-22H2,1-2H3/b18-13+. The van der Waals surface area contributed by atoms with Crippen LogP contribution in [0.5, 0.6) is 0 Å². The Morgan fingerprint density at radius 3 is 2.19 bits per heavy atom. The fourth-order valence-corrected chi connectivity index (χ4v) is 4.75. The van der Waals surface area contributed by atoms with Gasteiger partial charge in [0.05, 0.1) is 0 Å². The monoisotopic (exact) mass is 361 g/mol. The quantitative estimate of drug-likeness (QED) is 0.494. The van der Waals surface area contributed by atoms with Crippen molar-refractivity contribution >= 4 is 6.08 Å². The van der Waals surface area contributed by atoms with Gasteiger partial charge in [-0.2, -0.15) is 0 Å². The molecular weight excluding hydrogens is 326 g/mol. The van der Waals surface area contributed by atoms with Crippen molar-refractivity contribution in [3.8, 4) is 0 Å². The normalized spacial score (nSPS) is 18.0. The molecule has 1 aliphatic rings. The van der Waals surface area contributed by atoms with Gasteiger partial charge in [0.2, 0.25) is 0 Å². The lowest BCUT2D eigenvalue weighted by molar-refractivity contribution is 0.0848. The highest BCUT2D eigenvalue weighted by Crippen LogP contribution is 2.37.